The first kappa shape index (κ1) is 15.4. The van der Waals surface area contributed by atoms with Crippen molar-refractivity contribution in [3.8, 4) is 0 Å². The predicted molar refractivity (Wildman–Crippen MR) is 92.4 cm³/mol. The third kappa shape index (κ3) is 3.84. The summed E-state index contributed by atoms with van der Waals surface area (Å²) in [6.07, 6.45) is 5.88. The molecule has 0 atom stereocenters. The van der Waals surface area contributed by atoms with Gasteiger partial charge in [0.15, 0.2) is 0 Å². The van der Waals surface area contributed by atoms with Crippen LogP contribution in [0.1, 0.15) is 40.4 Å². The van der Waals surface area contributed by atoms with E-state index in [1.807, 2.05) is 17.7 Å². The number of hydrogen-bond donors (Lipinski definition) is 0. The summed E-state index contributed by atoms with van der Waals surface area (Å²) in [7, 11) is 0. The van der Waals surface area contributed by atoms with Crippen molar-refractivity contribution in [2.45, 2.75) is 52.4 Å². The molecule has 1 fully saturated rings. The van der Waals surface area contributed by atoms with Gasteiger partial charge in [0.25, 0.3) is 0 Å². The van der Waals surface area contributed by atoms with Gasteiger partial charge in [-0.05, 0) is 44.2 Å². The number of hydrogen-bond acceptors (Lipinski definition) is 4. The first-order valence-corrected chi connectivity index (χ1v) is 9.48. The molecule has 0 saturated heterocycles. The van der Waals surface area contributed by atoms with Crippen molar-refractivity contribution in [1.29, 1.82) is 0 Å². The second-order valence-electron chi connectivity index (χ2n) is 6.87. The van der Waals surface area contributed by atoms with Gasteiger partial charge in [0.2, 0.25) is 0 Å². The molecule has 2 aromatic rings. The second kappa shape index (κ2) is 6.75. The molecule has 1 aliphatic heterocycles. The molecule has 4 nitrogen and oxygen atoms in total. The minimum absolute atomic E-state index is 0.671. The summed E-state index contributed by atoms with van der Waals surface area (Å²) in [6, 6.07) is 4.49. The molecule has 0 unspecified atom stereocenters. The first-order chi connectivity index (χ1) is 11.3. The smallest absolute Gasteiger partial charge is 0.0953 e. The number of nitrogens with zero attached hydrogens (tertiary/aromatic N) is 3. The molecule has 2 aliphatic rings. The highest BCUT2D eigenvalue weighted by Gasteiger charge is 2.23. The molecular formula is C18H25N3OS. The largest absolute Gasteiger partial charge is 0.375 e. The van der Waals surface area contributed by atoms with E-state index < -0.39 is 0 Å². The fraction of sp³-hybridized carbons (Fsp3) is 0.611. The van der Waals surface area contributed by atoms with E-state index in [0.717, 1.165) is 44.4 Å². The van der Waals surface area contributed by atoms with E-state index in [2.05, 4.69) is 33.5 Å². The highest BCUT2D eigenvalue weighted by Crippen LogP contribution is 2.29. The van der Waals surface area contributed by atoms with E-state index in [-0.39, 0.29) is 0 Å². The van der Waals surface area contributed by atoms with Crippen LogP contribution in [0.5, 0.6) is 0 Å². The highest BCUT2D eigenvalue weighted by atomic mass is 32.1. The van der Waals surface area contributed by atoms with Gasteiger partial charge in [-0.3, -0.25) is 4.90 Å². The van der Waals surface area contributed by atoms with Gasteiger partial charge in [-0.1, -0.05) is 0 Å². The zero-order valence-corrected chi connectivity index (χ0v) is 14.6. The van der Waals surface area contributed by atoms with Crippen molar-refractivity contribution in [1.82, 2.24) is 14.5 Å². The maximum absolute atomic E-state index is 5.87. The van der Waals surface area contributed by atoms with Gasteiger partial charge in [0.1, 0.15) is 0 Å². The van der Waals surface area contributed by atoms with Crippen molar-refractivity contribution in [3.63, 3.8) is 0 Å². The van der Waals surface area contributed by atoms with Crippen LogP contribution in [0, 0.1) is 12.8 Å². The molecular weight excluding hydrogens is 306 g/mol. The lowest BCUT2D eigenvalue weighted by Crippen LogP contribution is -2.23. The van der Waals surface area contributed by atoms with Crippen molar-refractivity contribution >= 4 is 11.3 Å². The third-order valence-electron chi connectivity index (χ3n) is 4.74. The van der Waals surface area contributed by atoms with Gasteiger partial charge in [-0.15, -0.1) is 11.3 Å². The molecule has 1 aliphatic carbocycles. The summed E-state index contributed by atoms with van der Waals surface area (Å²) >= 11 is 1.91. The zero-order chi connectivity index (χ0) is 15.6. The molecule has 3 heterocycles. The van der Waals surface area contributed by atoms with Crippen LogP contribution in [0.4, 0.5) is 0 Å². The molecule has 0 aromatic carbocycles. The summed E-state index contributed by atoms with van der Waals surface area (Å²) in [4.78, 5) is 10.0. The standard InChI is InChI=1S/C18H25N3OS/c1-14-3-6-16(23-14)9-20-7-2-8-21-13-19-17(18(21)10-20)12-22-11-15-4-5-15/h3,6,13,15H,2,4-5,7-12H2,1H3. The number of rotatable bonds is 6. The quantitative estimate of drug-likeness (QED) is 0.810. The second-order valence-corrected chi connectivity index (χ2v) is 8.24. The van der Waals surface area contributed by atoms with Gasteiger partial charge in [-0.2, -0.15) is 0 Å². The van der Waals surface area contributed by atoms with E-state index in [1.165, 1.54) is 34.7 Å². The maximum Gasteiger partial charge on any atom is 0.0953 e. The van der Waals surface area contributed by atoms with E-state index in [1.54, 1.807) is 0 Å². The Hall–Kier alpha value is -1.17. The van der Waals surface area contributed by atoms with E-state index in [0.29, 0.717) is 6.61 Å². The summed E-state index contributed by atoms with van der Waals surface area (Å²) in [6.45, 7) is 8.02. The number of aryl methyl sites for hydroxylation is 2. The number of thiophene rings is 1. The number of aromatic nitrogens is 2. The fourth-order valence-corrected chi connectivity index (χ4v) is 4.17. The Labute approximate surface area is 142 Å². The average molecular weight is 331 g/mol. The van der Waals surface area contributed by atoms with Crippen molar-refractivity contribution in [3.05, 3.63) is 39.6 Å². The first-order valence-electron chi connectivity index (χ1n) is 8.66. The van der Waals surface area contributed by atoms with Crippen molar-refractivity contribution < 1.29 is 4.74 Å². The van der Waals surface area contributed by atoms with Crippen LogP contribution in [-0.4, -0.2) is 27.6 Å². The monoisotopic (exact) mass is 331 g/mol. The minimum atomic E-state index is 0.671. The third-order valence-corrected chi connectivity index (χ3v) is 5.73. The van der Waals surface area contributed by atoms with E-state index in [9.17, 15) is 0 Å². The Morgan fingerprint density at radius 2 is 2.22 bits per heavy atom. The summed E-state index contributed by atoms with van der Waals surface area (Å²) in [5.74, 6) is 0.815. The summed E-state index contributed by atoms with van der Waals surface area (Å²) in [5, 5.41) is 0. The zero-order valence-electron chi connectivity index (χ0n) is 13.8. The van der Waals surface area contributed by atoms with Crippen molar-refractivity contribution in [2.24, 2.45) is 5.92 Å². The number of ether oxygens (including phenoxy) is 1. The lowest BCUT2D eigenvalue weighted by Gasteiger charge is -2.19. The van der Waals surface area contributed by atoms with Gasteiger partial charge < -0.3 is 9.30 Å². The Balaban J connectivity index is 1.42. The van der Waals surface area contributed by atoms with Crippen LogP contribution in [0.3, 0.4) is 0 Å². The van der Waals surface area contributed by atoms with E-state index in [4.69, 9.17) is 4.74 Å². The molecule has 0 N–H and O–H groups in total. The average Bonchev–Trinajstić information content (AvgIpc) is 3.21. The predicted octanol–water partition coefficient (Wildman–Crippen LogP) is 3.59. The molecule has 23 heavy (non-hydrogen) atoms. The highest BCUT2D eigenvalue weighted by molar-refractivity contribution is 7.11. The number of imidazole rings is 1. The lowest BCUT2D eigenvalue weighted by atomic mass is 10.3. The molecule has 2 aromatic heterocycles. The molecule has 0 amide bonds. The van der Waals surface area contributed by atoms with Gasteiger partial charge in [0, 0.05) is 42.5 Å². The van der Waals surface area contributed by atoms with Crippen molar-refractivity contribution in [2.75, 3.05) is 13.2 Å². The molecule has 4 rings (SSSR count). The summed E-state index contributed by atoms with van der Waals surface area (Å²) < 4.78 is 8.20. The Kier molecular flexibility index (Phi) is 4.51. The molecule has 124 valence electrons. The number of fused-ring (bicyclic) bond motifs is 1. The lowest BCUT2D eigenvalue weighted by molar-refractivity contribution is 0.107. The van der Waals surface area contributed by atoms with Crippen LogP contribution in [-0.2, 0) is 31.0 Å². The molecule has 0 spiro atoms. The molecule has 0 radical (unpaired) electrons. The SMILES string of the molecule is Cc1ccc(CN2CCCn3cnc(COCC4CC4)c3C2)s1. The topological polar surface area (TPSA) is 30.3 Å². The fourth-order valence-electron chi connectivity index (χ4n) is 3.23. The Morgan fingerprint density at radius 1 is 1.30 bits per heavy atom. The van der Waals surface area contributed by atoms with Crippen LogP contribution in [0.15, 0.2) is 18.5 Å². The van der Waals surface area contributed by atoms with Gasteiger partial charge in [-0.25, -0.2) is 4.98 Å². The summed E-state index contributed by atoms with van der Waals surface area (Å²) in [5.41, 5.74) is 2.49. The van der Waals surface area contributed by atoms with Gasteiger partial charge >= 0.3 is 0 Å². The van der Waals surface area contributed by atoms with Gasteiger partial charge in [0.05, 0.1) is 24.3 Å². The van der Waals surface area contributed by atoms with Crippen LogP contribution >= 0.6 is 11.3 Å². The molecule has 0 bridgehead atoms. The van der Waals surface area contributed by atoms with E-state index >= 15 is 0 Å². The van der Waals surface area contributed by atoms with Crippen LogP contribution in [0.2, 0.25) is 0 Å². The molecule has 1 saturated carbocycles. The van der Waals surface area contributed by atoms with Crippen LogP contribution < -0.4 is 0 Å². The maximum atomic E-state index is 5.87. The van der Waals surface area contributed by atoms with Crippen LogP contribution in [0.25, 0.3) is 0 Å². The normalized spacial score (nSPS) is 18.8. The Morgan fingerprint density at radius 3 is 3.00 bits per heavy atom. The molecule has 5 heteroatoms. The Bertz CT molecular complexity index is 659. The minimum Gasteiger partial charge on any atom is -0.375 e.